The van der Waals surface area contributed by atoms with E-state index in [1.165, 1.54) is 89.3 Å². The Labute approximate surface area is 187 Å². The fourth-order valence-corrected chi connectivity index (χ4v) is 5.85. The summed E-state index contributed by atoms with van der Waals surface area (Å²) in [6.07, 6.45) is 18.1. The van der Waals surface area contributed by atoms with Crippen molar-refractivity contribution in [3.8, 4) is 5.75 Å². The Bertz CT molecular complexity index is 818. The number of likely N-dealkylation sites (tertiary alicyclic amines) is 1. The minimum Gasteiger partial charge on any atom is -0.497 e. The van der Waals surface area contributed by atoms with Crippen LogP contribution in [-0.4, -0.2) is 36.1 Å². The summed E-state index contributed by atoms with van der Waals surface area (Å²) in [5, 5.41) is 1.92. The first-order chi connectivity index (χ1) is 14.7. The highest BCUT2D eigenvalue weighted by atomic mass is 35.5. The number of hydrogen-bond donors (Lipinski definition) is 0. The van der Waals surface area contributed by atoms with Crippen molar-refractivity contribution < 1.29 is 4.74 Å². The van der Waals surface area contributed by atoms with Crippen molar-refractivity contribution in [2.45, 2.75) is 83.1 Å². The molecule has 0 spiro atoms. The highest BCUT2D eigenvalue weighted by Crippen LogP contribution is 2.31. The predicted octanol–water partition coefficient (Wildman–Crippen LogP) is 7.04. The number of benzene rings is 1. The number of hydrogen-bond acceptors (Lipinski definition) is 3. The van der Waals surface area contributed by atoms with Crippen LogP contribution in [0.1, 0.15) is 76.2 Å². The summed E-state index contributed by atoms with van der Waals surface area (Å²) in [6.45, 7) is 2.61. The molecule has 1 aliphatic heterocycles. The van der Waals surface area contributed by atoms with Crippen LogP contribution in [0.4, 0.5) is 0 Å². The molecule has 0 amide bonds. The summed E-state index contributed by atoms with van der Waals surface area (Å²) < 4.78 is 5.43. The lowest BCUT2D eigenvalue weighted by Gasteiger charge is -2.37. The number of piperidine rings is 1. The van der Waals surface area contributed by atoms with Gasteiger partial charge in [0.1, 0.15) is 5.75 Å². The van der Waals surface area contributed by atoms with E-state index in [1.54, 1.807) is 7.11 Å². The molecule has 30 heavy (non-hydrogen) atoms. The lowest BCUT2D eigenvalue weighted by molar-refractivity contribution is 0.125. The van der Waals surface area contributed by atoms with Crippen LogP contribution >= 0.6 is 11.6 Å². The summed E-state index contributed by atoms with van der Waals surface area (Å²) in [6, 6.07) is 6.84. The topological polar surface area (TPSA) is 25.4 Å². The van der Waals surface area contributed by atoms with Crippen LogP contribution in [0.3, 0.4) is 0 Å². The van der Waals surface area contributed by atoms with Crippen molar-refractivity contribution in [1.29, 1.82) is 0 Å². The van der Waals surface area contributed by atoms with E-state index in [4.69, 9.17) is 16.3 Å². The van der Waals surface area contributed by atoms with Crippen molar-refractivity contribution in [2.24, 2.45) is 5.92 Å². The molecule has 1 saturated heterocycles. The molecule has 3 nitrogen and oxygen atoms in total. The minimum absolute atomic E-state index is 0.753. The molecule has 4 heteroatoms. The van der Waals surface area contributed by atoms with Gasteiger partial charge in [-0.2, -0.15) is 0 Å². The molecule has 1 saturated carbocycles. The van der Waals surface area contributed by atoms with Gasteiger partial charge in [0.2, 0.25) is 0 Å². The average molecular weight is 429 g/mol. The quantitative estimate of drug-likeness (QED) is 0.450. The molecule has 2 fully saturated rings. The Kier molecular flexibility index (Phi) is 7.89. The van der Waals surface area contributed by atoms with Gasteiger partial charge < -0.3 is 9.64 Å². The standard InChI is InChI=1S/C26H37ClN2O/c1-30-22-13-14-26-24(18-22)23(25(27)19-28-26)12-7-11-21-10-5-6-16-29(21)17-15-20-8-3-2-4-9-20/h13-14,18-21H,2-12,15-17H2,1H3. The van der Waals surface area contributed by atoms with Gasteiger partial charge in [-0.15, -0.1) is 0 Å². The summed E-state index contributed by atoms with van der Waals surface area (Å²) in [5.41, 5.74) is 2.23. The van der Waals surface area contributed by atoms with E-state index < -0.39 is 0 Å². The van der Waals surface area contributed by atoms with Crippen molar-refractivity contribution in [3.63, 3.8) is 0 Å². The molecule has 0 radical (unpaired) electrons. The molecule has 1 unspecified atom stereocenters. The van der Waals surface area contributed by atoms with Crippen LogP contribution < -0.4 is 4.74 Å². The molecule has 2 aromatic rings. The predicted molar refractivity (Wildman–Crippen MR) is 127 cm³/mol. The normalized spacial score (nSPS) is 21.2. The maximum absolute atomic E-state index is 6.57. The lowest BCUT2D eigenvalue weighted by Crippen LogP contribution is -2.40. The van der Waals surface area contributed by atoms with E-state index in [-0.39, 0.29) is 0 Å². The third-order valence-corrected chi connectivity index (χ3v) is 7.72. The van der Waals surface area contributed by atoms with Crippen molar-refractivity contribution in [2.75, 3.05) is 20.2 Å². The Morgan fingerprint density at radius 3 is 2.73 bits per heavy atom. The van der Waals surface area contributed by atoms with Gasteiger partial charge in [0.15, 0.2) is 0 Å². The molecular weight excluding hydrogens is 392 g/mol. The van der Waals surface area contributed by atoms with Gasteiger partial charge >= 0.3 is 0 Å². The average Bonchev–Trinajstić information content (AvgIpc) is 2.80. The molecule has 0 bridgehead atoms. The maximum atomic E-state index is 6.57. The second-order valence-corrected chi connectivity index (χ2v) is 9.75. The van der Waals surface area contributed by atoms with E-state index in [0.29, 0.717) is 0 Å². The molecule has 2 heterocycles. The van der Waals surface area contributed by atoms with Crippen molar-refractivity contribution >= 4 is 22.5 Å². The zero-order valence-electron chi connectivity index (χ0n) is 18.5. The minimum atomic E-state index is 0.753. The molecule has 164 valence electrons. The maximum Gasteiger partial charge on any atom is 0.119 e. The Hall–Kier alpha value is -1.32. The van der Waals surface area contributed by atoms with E-state index in [9.17, 15) is 0 Å². The van der Waals surface area contributed by atoms with Gasteiger partial charge in [0.05, 0.1) is 17.6 Å². The highest BCUT2D eigenvalue weighted by Gasteiger charge is 2.23. The fourth-order valence-electron chi connectivity index (χ4n) is 5.60. The first-order valence-corrected chi connectivity index (χ1v) is 12.5. The fraction of sp³-hybridized carbons (Fsp3) is 0.654. The van der Waals surface area contributed by atoms with Gasteiger partial charge in [-0.05, 0) is 81.3 Å². The largest absolute Gasteiger partial charge is 0.497 e. The smallest absolute Gasteiger partial charge is 0.119 e. The number of aryl methyl sites for hydroxylation is 1. The third-order valence-electron chi connectivity index (χ3n) is 7.40. The van der Waals surface area contributed by atoms with Crippen LogP contribution in [0.15, 0.2) is 24.4 Å². The van der Waals surface area contributed by atoms with Crippen molar-refractivity contribution in [1.82, 2.24) is 9.88 Å². The van der Waals surface area contributed by atoms with Gasteiger partial charge in [-0.3, -0.25) is 4.98 Å². The molecule has 4 rings (SSSR count). The zero-order valence-corrected chi connectivity index (χ0v) is 19.3. The van der Waals surface area contributed by atoms with Crippen LogP contribution in [0.2, 0.25) is 5.02 Å². The number of nitrogens with zero attached hydrogens (tertiary/aromatic N) is 2. The first kappa shape index (κ1) is 21.9. The summed E-state index contributed by atoms with van der Waals surface area (Å²) in [4.78, 5) is 7.31. The molecule has 0 N–H and O–H groups in total. The molecular formula is C26H37ClN2O. The van der Waals surface area contributed by atoms with Gasteiger partial charge in [-0.25, -0.2) is 0 Å². The van der Waals surface area contributed by atoms with Gasteiger partial charge in [0.25, 0.3) is 0 Å². The number of pyridine rings is 1. The molecule has 1 aliphatic carbocycles. The van der Waals surface area contributed by atoms with E-state index >= 15 is 0 Å². The summed E-state index contributed by atoms with van der Waals surface area (Å²) >= 11 is 6.57. The van der Waals surface area contributed by atoms with Crippen LogP contribution in [0.25, 0.3) is 10.9 Å². The summed E-state index contributed by atoms with van der Waals surface area (Å²) in [5.74, 6) is 1.85. The van der Waals surface area contributed by atoms with Gasteiger partial charge in [-0.1, -0.05) is 50.1 Å². The molecule has 1 aromatic heterocycles. The second kappa shape index (κ2) is 10.8. The lowest BCUT2D eigenvalue weighted by atomic mass is 9.86. The van der Waals surface area contributed by atoms with Crippen LogP contribution in [0.5, 0.6) is 5.75 Å². The van der Waals surface area contributed by atoms with Crippen LogP contribution in [0, 0.1) is 5.92 Å². The number of rotatable bonds is 8. The van der Waals surface area contributed by atoms with Gasteiger partial charge in [0, 0.05) is 17.6 Å². The van der Waals surface area contributed by atoms with E-state index in [2.05, 4.69) is 16.0 Å². The Morgan fingerprint density at radius 2 is 1.90 bits per heavy atom. The summed E-state index contributed by atoms with van der Waals surface area (Å²) in [7, 11) is 1.71. The molecule has 1 aromatic carbocycles. The third kappa shape index (κ3) is 5.48. The molecule has 2 aliphatic rings. The second-order valence-electron chi connectivity index (χ2n) is 9.34. The Morgan fingerprint density at radius 1 is 1.07 bits per heavy atom. The van der Waals surface area contributed by atoms with E-state index in [0.717, 1.165) is 40.1 Å². The molecule has 1 atom stereocenters. The number of fused-ring (bicyclic) bond motifs is 1. The van der Waals surface area contributed by atoms with Crippen molar-refractivity contribution in [3.05, 3.63) is 35.0 Å². The zero-order chi connectivity index (χ0) is 20.8. The SMILES string of the molecule is COc1ccc2ncc(Cl)c(CCCC3CCCCN3CCC3CCCCC3)c2c1. The highest BCUT2D eigenvalue weighted by molar-refractivity contribution is 6.32. The number of aromatic nitrogens is 1. The monoisotopic (exact) mass is 428 g/mol. The number of methoxy groups -OCH3 is 1. The van der Waals surface area contributed by atoms with E-state index in [1.807, 2.05) is 18.3 Å². The Balaban J connectivity index is 1.35. The first-order valence-electron chi connectivity index (χ1n) is 12.1. The number of halogens is 1. The number of ether oxygens (including phenoxy) is 1. The van der Waals surface area contributed by atoms with Crippen LogP contribution in [-0.2, 0) is 6.42 Å².